The van der Waals surface area contributed by atoms with Gasteiger partial charge in [0.1, 0.15) is 12.0 Å². The van der Waals surface area contributed by atoms with E-state index in [-0.39, 0.29) is 12.5 Å². The van der Waals surface area contributed by atoms with Crippen molar-refractivity contribution in [2.45, 2.75) is 25.8 Å². The number of carbonyl (C=O) groups excluding carboxylic acids is 1. The summed E-state index contributed by atoms with van der Waals surface area (Å²) in [5.74, 6) is 0.353. The van der Waals surface area contributed by atoms with Gasteiger partial charge in [-0.25, -0.2) is 0 Å². The lowest BCUT2D eigenvalue weighted by molar-refractivity contribution is 0.102. The molecule has 0 saturated carbocycles. The Balaban J connectivity index is 1.83. The maximum absolute atomic E-state index is 12.4. The fraction of sp³-hybridized carbons (Fsp3) is 0.353. The van der Waals surface area contributed by atoms with Crippen molar-refractivity contribution in [2.75, 3.05) is 23.3 Å². The number of hydrogen-bond donors (Lipinski definition) is 2. The number of halogens is 1. The van der Waals surface area contributed by atoms with Crippen LogP contribution in [0.25, 0.3) is 0 Å². The molecule has 1 fully saturated rings. The fourth-order valence-electron chi connectivity index (χ4n) is 2.82. The molecule has 0 aliphatic carbocycles. The quantitative estimate of drug-likeness (QED) is 0.896. The Hall–Kier alpha value is -1.98. The minimum Gasteiger partial charge on any atom is -0.467 e. The first-order chi connectivity index (χ1) is 11.2. The predicted octanol–water partition coefficient (Wildman–Crippen LogP) is 3.63. The van der Waals surface area contributed by atoms with E-state index in [0.717, 1.165) is 37.3 Å². The van der Waals surface area contributed by atoms with Gasteiger partial charge in [0.25, 0.3) is 5.91 Å². The summed E-state index contributed by atoms with van der Waals surface area (Å²) >= 11 is 6.11. The Morgan fingerprint density at radius 2 is 2.04 bits per heavy atom. The summed E-state index contributed by atoms with van der Waals surface area (Å²) in [6.07, 6.45) is 5.00. The summed E-state index contributed by atoms with van der Waals surface area (Å²) in [5.41, 5.74) is 7.69. The second kappa shape index (κ2) is 7.06. The molecular weight excluding hydrogens is 314 g/mol. The van der Waals surface area contributed by atoms with E-state index in [9.17, 15) is 4.79 Å². The number of anilines is 2. The number of nitrogens with zero attached hydrogens (tertiary/aromatic N) is 1. The molecule has 3 N–H and O–H groups in total. The topological polar surface area (TPSA) is 71.5 Å². The van der Waals surface area contributed by atoms with Crippen LogP contribution < -0.4 is 16.0 Å². The van der Waals surface area contributed by atoms with Gasteiger partial charge in [-0.3, -0.25) is 4.79 Å². The van der Waals surface area contributed by atoms with Gasteiger partial charge in [-0.05, 0) is 43.5 Å². The van der Waals surface area contributed by atoms with Crippen LogP contribution in [0, 0.1) is 0 Å². The lowest BCUT2D eigenvalue weighted by Gasteiger charge is -2.30. The minimum atomic E-state index is -0.228. The molecule has 0 atom stereocenters. The zero-order valence-electron chi connectivity index (χ0n) is 12.8. The Kier molecular flexibility index (Phi) is 4.88. The molecule has 0 spiro atoms. The second-order valence-electron chi connectivity index (χ2n) is 5.67. The van der Waals surface area contributed by atoms with Gasteiger partial charge >= 0.3 is 0 Å². The number of carbonyl (C=O) groups is 1. The van der Waals surface area contributed by atoms with Crippen molar-refractivity contribution in [3.05, 3.63) is 46.9 Å². The highest BCUT2D eigenvalue weighted by atomic mass is 35.5. The molecule has 0 radical (unpaired) electrons. The van der Waals surface area contributed by atoms with Crippen LogP contribution in [0.5, 0.6) is 0 Å². The van der Waals surface area contributed by atoms with E-state index in [1.807, 2.05) is 12.1 Å². The summed E-state index contributed by atoms with van der Waals surface area (Å²) in [7, 11) is 0. The van der Waals surface area contributed by atoms with Gasteiger partial charge in [0, 0.05) is 18.1 Å². The van der Waals surface area contributed by atoms with Gasteiger partial charge in [0.2, 0.25) is 0 Å². The first kappa shape index (κ1) is 15.9. The molecule has 0 unspecified atom stereocenters. The van der Waals surface area contributed by atoms with Crippen LogP contribution in [0.1, 0.15) is 35.4 Å². The molecule has 1 amide bonds. The third-order valence-corrected chi connectivity index (χ3v) is 4.26. The first-order valence-electron chi connectivity index (χ1n) is 7.80. The van der Waals surface area contributed by atoms with Crippen LogP contribution in [0.3, 0.4) is 0 Å². The number of benzene rings is 1. The molecule has 2 aromatic rings. The fourth-order valence-corrected chi connectivity index (χ4v) is 2.99. The predicted molar refractivity (Wildman–Crippen MR) is 92.1 cm³/mol. The normalized spacial score (nSPS) is 14.8. The van der Waals surface area contributed by atoms with Gasteiger partial charge in [-0.2, -0.15) is 0 Å². The van der Waals surface area contributed by atoms with E-state index in [4.69, 9.17) is 21.8 Å². The van der Waals surface area contributed by atoms with Crippen molar-refractivity contribution >= 4 is 28.9 Å². The molecule has 122 valence electrons. The van der Waals surface area contributed by atoms with Crippen LogP contribution in [-0.2, 0) is 6.54 Å². The Morgan fingerprint density at radius 1 is 1.26 bits per heavy atom. The SMILES string of the molecule is NCc1cc(C(=O)Nc2cc(Cl)ccc2N2CCCCC2)co1. The number of nitrogens with one attached hydrogen (secondary N) is 1. The van der Waals surface area contributed by atoms with Gasteiger partial charge < -0.3 is 20.4 Å². The van der Waals surface area contributed by atoms with E-state index in [1.165, 1.54) is 12.7 Å². The third kappa shape index (κ3) is 3.68. The van der Waals surface area contributed by atoms with Crippen LogP contribution in [0.4, 0.5) is 11.4 Å². The number of amides is 1. The molecule has 1 aromatic heterocycles. The van der Waals surface area contributed by atoms with Crippen molar-refractivity contribution in [1.82, 2.24) is 0 Å². The molecule has 0 bridgehead atoms. The van der Waals surface area contributed by atoms with Crippen LogP contribution in [0.15, 0.2) is 34.9 Å². The Bertz CT molecular complexity index is 693. The standard InChI is InChI=1S/C17H20ClN3O2/c18-13-4-5-16(21-6-2-1-3-7-21)15(9-13)20-17(22)12-8-14(10-19)23-11-12/h4-5,8-9,11H,1-3,6-7,10,19H2,(H,20,22). The largest absolute Gasteiger partial charge is 0.467 e. The molecule has 1 aliphatic heterocycles. The highest BCUT2D eigenvalue weighted by Gasteiger charge is 2.17. The lowest BCUT2D eigenvalue weighted by Crippen LogP contribution is -2.30. The number of furan rings is 1. The molecule has 1 aliphatic rings. The third-order valence-electron chi connectivity index (χ3n) is 4.02. The zero-order valence-corrected chi connectivity index (χ0v) is 13.6. The highest BCUT2D eigenvalue weighted by Crippen LogP contribution is 2.31. The zero-order chi connectivity index (χ0) is 16.2. The van der Waals surface area contributed by atoms with E-state index in [2.05, 4.69) is 10.2 Å². The molecular formula is C17H20ClN3O2. The van der Waals surface area contributed by atoms with E-state index < -0.39 is 0 Å². The first-order valence-corrected chi connectivity index (χ1v) is 8.18. The summed E-state index contributed by atoms with van der Waals surface area (Å²) in [6, 6.07) is 7.25. The molecule has 23 heavy (non-hydrogen) atoms. The highest BCUT2D eigenvalue weighted by molar-refractivity contribution is 6.31. The van der Waals surface area contributed by atoms with Crippen LogP contribution in [-0.4, -0.2) is 19.0 Å². The molecule has 1 aromatic carbocycles. The number of rotatable bonds is 4. The summed E-state index contributed by atoms with van der Waals surface area (Å²) in [5, 5.41) is 3.53. The maximum Gasteiger partial charge on any atom is 0.258 e. The molecule has 5 nitrogen and oxygen atoms in total. The summed E-state index contributed by atoms with van der Waals surface area (Å²) < 4.78 is 5.22. The van der Waals surface area contributed by atoms with Crippen molar-refractivity contribution < 1.29 is 9.21 Å². The van der Waals surface area contributed by atoms with Crippen molar-refractivity contribution in [3.63, 3.8) is 0 Å². The van der Waals surface area contributed by atoms with Gasteiger partial charge in [-0.15, -0.1) is 0 Å². The molecule has 2 heterocycles. The van der Waals surface area contributed by atoms with E-state index in [0.29, 0.717) is 16.3 Å². The van der Waals surface area contributed by atoms with Gasteiger partial charge in [0.15, 0.2) is 0 Å². The van der Waals surface area contributed by atoms with E-state index in [1.54, 1.807) is 12.1 Å². The second-order valence-corrected chi connectivity index (χ2v) is 6.11. The van der Waals surface area contributed by atoms with E-state index >= 15 is 0 Å². The Labute approximate surface area is 140 Å². The molecule has 6 heteroatoms. The minimum absolute atomic E-state index is 0.228. The lowest BCUT2D eigenvalue weighted by atomic mass is 10.1. The van der Waals surface area contributed by atoms with Crippen LogP contribution >= 0.6 is 11.6 Å². The average molecular weight is 334 g/mol. The number of hydrogen-bond acceptors (Lipinski definition) is 4. The smallest absolute Gasteiger partial charge is 0.258 e. The van der Waals surface area contributed by atoms with Crippen molar-refractivity contribution in [3.8, 4) is 0 Å². The monoisotopic (exact) mass is 333 g/mol. The van der Waals surface area contributed by atoms with Gasteiger partial charge in [0.05, 0.1) is 23.5 Å². The average Bonchev–Trinajstić information content (AvgIpc) is 3.05. The number of piperidine rings is 1. The molecule has 3 rings (SSSR count). The van der Waals surface area contributed by atoms with Crippen molar-refractivity contribution in [1.29, 1.82) is 0 Å². The molecule has 1 saturated heterocycles. The Morgan fingerprint density at radius 3 is 2.74 bits per heavy atom. The maximum atomic E-state index is 12.4. The van der Waals surface area contributed by atoms with Gasteiger partial charge in [-0.1, -0.05) is 11.6 Å². The summed E-state index contributed by atoms with van der Waals surface area (Å²) in [6.45, 7) is 2.25. The van der Waals surface area contributed by atoms with Crippen LogP contribution in [0.2, 0.25) is 5.02 Å². The number of nitrogens with two attached hydrogens (primary N) is 1. The summed E-state index contributed by atoms with van der Waals surface area (Å²) in [4.78, 5) is 14.7. The van der Waals surface area contributed by atoms with Crippen molar-refractivity contribution in [2.24, 2.45) is 5.73 Å².